The highest BCUT2D eigenvalue weighted by molar-refractivity contribution is 7.98. The maximum Gasteiger partial charge on any atom is 0.251 e. The van der Waals surface area contributed by atoms with Gasteiger partial charge < -0.3 is 26.0 Å². The Hall–Kier alpha value is -3.07. The van der Waals surface area contributed by atoms with Crippen LogP contribution in [0.15, 0.2) is 81.1 Å². The second-order valence-electron chi connectivity index (χ2n) is 10.8. The van der Waals surface area contributed by atoms with Gasteiger partial charge >= 0.3 is 0 Å². The fraction of sp³-hybridized carbons (Fsp3) is 0.438. The van der Waals surface area contributed by atoms with E-state index in [1.54, 1.807) is 11.8 Å². The molecule has 7 nitrogen and oxygen atoms in total. The molecule has 0 radical (unpaired) electrons. The van der Waals surface area contributed by atoms with E-state index in [1.165, 1.54) is 5.56 Å². The molecule has 3 heterocycles. The third-order valence-electron chi connectivity index (χ3n) is 7.77. The maximum atomic E-state index is 12.9. The van der Waals surface area contributed by atoms with Crippen molar-refractivity contribution in [1.29, 1.82) is 0 Å². The van der Waals surface area contributed by atoms with Crippen molar-refractivity contribution in [3.8, 4) is 0 Å². The number of likely N-dealkylation sites (N-methyl/N-ethyl adjacent to an activating group) is 1. The smallest absolute Gasteiger partial charge is 0.251 e. The van der Waals surface area contributed by atoms with Crippen LogP contribution in [0.4, 0.5) is 0 Å². The molecule has 0 bridgehead atoms. The molecule has 1 amide bonds. The van der Waals surface area contributed by atoms with E-state index in [0.717, 1.165) is 46.8 Å². The fourth-order valence-electron chi connectivity index (χ4n) is 5.21. The topological polar surface area (TPSA) is 92.0 Å². The molecule has 4 unspecified atom stereocenters. The van der Waals surface area contributed by atoms with E-state index in [-0.39, 0.29) is 24.2 Å². The van der Waals surface area contributed by atoms with Gasteiger partial charge in [0, 0.05) is 36.3 Å². The zero-order valence-corrected chi connectivity index (χ0v) is 25.3. The minimum Gasteiger partial charge on any atom is -0.397 e. The van der Waals surface area contributed by atoms with E-state index in [4.69, 9.17) is 10.5 Å². The lowest BCUT2D eigenvalue weighted by atomic mass is 9.97. The Labute approximate surface area is 243 Å². The summed E-state index contributed by atoms with van der Waals surface area (Å²) >= 11 is 1.66. The second-order valence-corrected chi connectivity index (χ2v) is 11.7. The van der Waals surface area contributed by atoms with E-state index < -0.39 is 0 Å². The van der Waals surface area contributed by atoms with E-state index >= 15 is 0 Å². The average molecular weight is 562 g/mol. The highest BCUT2D eigenvalue weighted by atomic mass is 32.2. The molecule has 0 aromatic heterocycles. The van der Waals surface area contributed by atoms with Crippen LogP contribution < -0.4 is 16.4 Å². The molecular formula is C32H43N5O2S. The van der Waals surface area contributed by atoms with Crippen molar-refractivity contribution < 1.29 is 9.53 Å². The normalized spacial score (nSPS) is 25.5. The molecule has 4 rings (SSSR count). The molecule has 0 spiro atoms. The lowest BCUT2D eigenvalue weighted by Crippen LogP contribution is -2.39. The van der Waals surface area contributed by atoms with Crippen molar-refractivity contribution in [1.82, 2.24) is 15.5 Å². The first kappa shape index (κ1) is 29.9. The monoisotopic (exact) mass is 561 g/mol. The maximum absolute atomic E-state index is 12.9. The molecule has 1 aromatic carbocycles. The molecule has 4 atom stereocenters. The van der Waals surface area contributed by atoms with Crippen LogP contribution in [0.2, 0.25) is 0 Å². The molecule has 0 aliphatic carbocycles. The number of benzene rings is 1. The molecule has 214 valence electrons. The predicted octanol–water partition coefficient (Wildman–Crippen LogP) is 4.79. The van der Waals surface area contributed by atoms with Gasteiger partial charge in [-0.3, -0.25) is 9.79 Å². The van der Waals surface area contributed by atoms with Gasteiger partial charge in [-0.15, -0.1) is 11.8 Å². The summed E-state index contributed by atoms with van der Waals surface area (Å²) in [5.41, 5.74) is 13.1. The fourth-order valence-corrected chi connectivity index (χ4v) is 5.92. The molecule has 40 heavy (non-hydrogen) atoms. The molecule has 1 fully saturated rings. The number of aliphatic imine (C=N–C) groups is 1. The van der Waals surface area contributed by atoms with Crippen molar-refractivity contribution in [3.63, 3.8) is 0 Å². The number of carbonyl (C=O) groups excluding carboxylic acids is 1. The Bertz CT molecular complexity index is 1280. The summed E-state index contributed by atoms with van der Waals surface area (Å²) in [6, 6.07) is 4.20. The third-order valence-corrected chi connectivity index (χ3v) is 8.63. The summed E-state index contributed by atoms with van der Waals surface area (Å²) in [5, 5.41) is 6.61. The van der Waals surface area contributed by atoms with Gasteiger partial charge in [-0.1, -0.05) is 18.2 Å². The Balaban J connectivity index is 1.38. The van der Waals surface area contributed by atoms with Crippen LogP contribution in [-0.2, 0) is 4.74 Å². The number of nitrogens with one attached hydrogen (secondary N) is 2. The number of nitrogens with zero attached hydrogens (tertiary/aromatic N) is 2. The highest BCUT2D eigenvalue weighted by Crippen LogP contribution is 2.28. The lowest BCUT2D eigenvalue weighted by Gasteiger charge is -2.35. The zero-order chi connectivity index (χ0) is 28.8. The van der Waals surface area contributed by atoms with Crippen LogP contribution >= 0.6 is 11.8 Å². The van der Waals surface area contributed by atoms with E-state index in [0.29, 0.717) is 23.8 Å². The summed E-state index contributed by atoms with van der Waals surface area (Å²) < 4.78 is 5.92. The molecule has 4 N–H and O–H groups in total. The summed E-state index contributed by atoms with van der Waals surface area (Å²) in [6.45, 7) is 9.57. The summed E-state index contributed by atoms with van der Waals surface area (Å²) in [7, 11) is 2.04. The average Bonchev–Trinajstić information content (AvgIpc) is 2.93. The first-order chi connectivity index (χ1) is 19.2. The van der Waals surface area contributed by atoms with Crippen molar-refractivity contribution in [3.05, 3.63) is 87.9 Å². The van der Waals surface area contributed by atoms with Crippen LogP contribution in [0.25, 0.3) is 0 Å². The Morgan fingerprint density at radius 2 is 2.05 bits per heavy atom. The largest absolute Gasteiger partial charge is 0.397 e. The summed E-state index contributed by atoms with van der Waals surface area (Å²) in [4.78, 5) is 20.8. The number of nitrogens with two attached hydrogens (primary N) is 1. The van der Waals surface area contributed by atoms with Crippen molar-refractivity contribution >= 4 is 23.9 Å². The number of hydrogen-bond acceptors (Lipinski definition) is 7. The Morgan fingerprint density at radius 3 is 2.83 bits per heavy atom. The van der Waals surface area contributed by atoms with Crippen LogP contribution in [0.3, 0.4) is 0 Å². The molecule has 1 aromatic rings. The van der Waals surface area contributed by atoms with Crippen LogP contribution in [0.5, 0.6) is 0 Å². The molecule has 3 aliphatic heterocycles. The van der Waals surface area contributed by atoms with E-state index in [9.17, 15) is 4.79 Å². The number of rotatable bonds is 7. The molecule has 0 saturated carbocycles. The number of carbonyl (C=O) groups is 1. The van der Waals surface area contributed by atoms with Crippen LogP contribution in [0, 0.1) is 13.8 Å². The summed E-state index contributed by atoms with van der Waals surface area (Å²) in [6.07, 6.45) is 18.9. The molecule has 3 aliphatic rings. The van der Waals surface area contributed by atoms with Crippen LogP contribution in [-0.4, -0.2) is 67.7 Å². The number of allylic oxidation sites excluding steroid dienone is 4. The van der Waals surface area contributed by atoms with Gasteiger partial charge in [0.15, 0.2) is 0 Å². The van der Waals surface area contributed by atoms with Gasteiger partial charge in [0.1, 0.15) is 0 Å². The Morgan fingerprint density at radius 1 is 1.25 bits per heavy atom. The minimum atomic E-state index is -0.0948. The number of aryl methyl sites for hydroxylation is 1. The number of thioether (sulfide) groups is 1. The van der Waals surface area contributed by atoms with Crippen molar-refractivity contribution in [2.24, 2.45) is 10.7 Å². The quantitative estimate of drug-likeness (QED) is 0.328. The summed E-state index contributed by atoms with van der Waals surface area (Å²) in [5.74, 6) is -0.0948. The predicted molar refractivity (Wildman–Crippen MR) is 167 cm³/mol. The van der Waals surface area contributed by atoms with Gasteiger partial charge in [-0.2, -0.15) is 0 Å². The first-order valence-electron chi connectivity index (χ1n) is 14.0. The number of amides is 1. The zero-order valence-electron chi connectivity index (χ0n) is 24.5. The first-order valence-corrected chi connectivity index (χ1v) is 15.2. The van der Waals surface area contributed by atoms with Crippen molar-refractivity contribution in [2.45, 2.75) is 69.7 Å². The second kappa shape index (κ2) is 13.5. The van der Waals surface area contributed by atoms with Crippen molar-refractivity contribution in [2.75, 3.05) is 26.4 Å². The van der Waals surface area contributed by atoms with Gasteiger partial charge in [0.05, 0.1) is 41.9 Å². The van der Waals surface area contributed by atoms with Gasteiger partial charge in [0.25, 0.3) is 5.91 Å². The lowest BCUT2D eigenvalue weighted by molar-refractivity contribution is -0.00571. The number of ether oxygens (including phenoxy) is 1. The van der Waals surface area contributed by atoms with Gasteiger partial charge in [0.2, 0.25) is 0 Å². The van der Waals surface area contributed by atoms with Crippen LogP contribution in [0.1, 0.15) is 48.2 Å². The molecule has 8 heteroatoms. The van der Waals surface area contributed by atoms with Gasteiger partial charge in [-0.05, 0) is 93.9 Å². The van der Waals surface area contributed by atoms with E-state index in [1.807, 2.05) is 56.8 Å². The van der Waals surface area contributed by atoms with E-state index in [2.05, 4.69) is 59.5 Å². The third kappa shape index (κ3) is 7.36. The molecular weight excluding hydrogens is 518 g/mol. The highest BCUT2D eigenvalue weighted by Gasteiger charge is 2.26. The van der Waals surface area contributed by atoms with Gasteiger partial charge in [-0.25, -0.2) is 0 Å². The standard InChI is InChI=1S/C32H43N5O2S/c1-20-14-25(15-31(40-6)23(20)4)32(38)36-19-27-16-30-24(18-35-27)11-13-29(37(30)5)28(33)9-7-8-26-12-10-21(2)39-22(3)17-34-26/h7-9,11,13-16,18,21-22,26,30,34H,10,12,17,19,33H2,1-6H3,(H,36,38)/b8-7-,28-9-. The molecule has 1 saturated heterocycles. The SMILES string of the molecule is CSc1cc(C(=O)NCC2=CC3C(=CC=C(/C(N)=C/C=C\C4CCC(C)OC(C)CN4)N3C)C=N2)cc(C)c1C. The minimum absolute atomic E-state index is 0.000272. The Kier molecular flexibility index (Phi) is 10.1. The number of fused-ring (bicyclic) bond motifs is 1. The number of hydrogen-bond donors (Lipinski definition) is 3.